The normalized spacial score (nSPS) is 16.4. The summed E-state index contributed by atoms with van der Waals surface area (Å²) in [4.78, 5) is 19.1. The molecule has 140 valence electrons. The van der Waals surface area contributed by atoms with Crippen LogP contribution in [0.4, 0.5) is 11.6 Å². The summed E-state index contributed by atoms with van der Waals surface area (Å²) < 4.78 is 23.4. The third-order valence-electron chi connectivity index (χ3n) is 4.38. The second-order valence-electron chi connectivity index (χ2n) is 6.21. The van der Waals surface area contributed by atoms with Crippen molar-refractivity contribution in [1.29, 1.82) is 0 Å². The number of nitrogens with zero attached hydrogens (tertiary/aromatic N) is 5. The van der Waals surface area contributed by atoms with E-state index in [1.165, 1.54) is 6.33 Å². The van der Waals surface area contributed by atoms with Gasteiger partial charge in [-0.2, -0.15) is 4.98 Å². The monoisotopic (exact) mass is 404 g/mol. The maximum Gasteiger partial charge on any atom is 0.225 e. The van der Waals surface area contributed by atoms with E-state index in [4.69, 9.17) is 11.6 Å². The first-order chi connectivity index (χ1) is 13.0. The molecular weight excluding hydrogens is 388 g/mol. The van der Waals surface area contributed by atoms with E-state index in [1.807, 2.05) is 35.2 Å². The van der Waals surface area contributed by atoms with Gasteiger partial charge in [0.25, 0.3) is 0 Å². The Labute approximate surface area is 161 Å². The molecule has 0 amide bonds. The summed E-state index contributed by atoms with van der Waals surface area (Å²) in [6.07, 6.45) is 1.44. The molecule has 3 heterocycles. The number of halogens is 1. The summed E-state index contributed by atoms with van der Waals surface area (Å²) >= 11 is 6.14. The van der Waals surface area contributed by atoms with E-state index in [9.17, 15) is 8.42 Å². The first-order valence-electron chi connectivity index (χ1n) is 8.43. The van der Waals surface area contributed by atoms with Gasteiger partial charge >= 0.3 is 0 Å². The van der Waals surface area contributed by atoms with E-state index < -0.39 is 9.84 Å². The lowest BCUT2D eigenvalue weighted by atomic mass is 10.2. The van der Waals surface area contributed by atoms with Crippen LogP contribution in [0.2, 0.25) is 5.28 Å². The van der Waals surface area contributed by atoms with Gasteiger partial charge in [-0.15, -0.1) is 0 Å². The lowest BCUT2D eigenvalue weighted by molar-refractivity contribution is 0.586. The molecule has 1 aromatic carbocycles. The molecule has 0 bridgehead atoms. The largest absolute Gasteiger partial charge is 0.364 e. The maximum absolute atomic E-state index is 11.7. The molecular formula is C17H17ClN6O2S. The molecule has 4 rings (SSSR count). The Morgan fingerprint density at radius 3 is 2.52 bits per heavy atom. The van der Waals surface area contributed by atoms with Crippen molar-refractivity contribution in [3.05, 3.63) is 47.5 Å². The van der Waals surface area contributed by atoms with Crippen molar-refractivity contribution in [1.82, 2.24) is 19.9 Å². The number of benzene rings is 1. The first kappa shape index (κ1) is 17.9. The van der Waals surface area contributed by atoms with E-state index >= 15 is 0 Å². The van der Waals surface area contributed by atoms with Crippen LogP contribution in [0.25, 0.3) is 11.0 Å². The number of rotatable bonds is 4. The highest BCUT2D eigenvalue weighted by molar-refractivity contribution is 7.91. The predicted molar refractivity (Wildman–Crippen MR) is 105 cm³/mol. The van der Waals surface area contributed by atoms with Crippen LogP contribution in [-0.4, -0.2) is 52.9 Å². The van der Waals surface area contributed by atoms with Gasteiger partial charge in [0, 0.05) is 19.6 Å². The highest BCUT2D eigenvalue weighted by atomic mass is 35.5. The third kappa shape index (κ3) is 3.93. The second-order valence-corrected chi connectivity index (χ2v) is 8.86. The third-order valence-corrected chi connectivity index (χ3v) is 6.16. The standard InChI is InChI=1S/C17H17ClN6O2S/c18-17-22-13-14(16(23-17)24-6-8-27(25,26)9-7-24)20-11-21-15(13)19-10-12-4-2-1-3-5-12/h1-5,11H,6-10H2,(H,19,20,21). The van der Waals surface area contributed by atoms with E-state index in [2.05, 4.69) is 25.3 Å². The Hall–Kier alpha value is -2.52. The van der Waals surface area contributed by atoms with Crippen molar-refractivity contribution in [3.8, 4) is 0 Å². The Morgan fingerprint density at radius 2 is 1.78 bits per heavy atom. The average molecular weight is 405 g/mol. The molecule has 2 aromatic heterocycles. The minimum Gasteiger partial charge on any atom is -0.364 e. The zero-order chi connectivity index (χ0) is 18.9. The predicted octanol–water partition coefficient (Wildman–Crippen LogP) is 1.92. The van der Waals surface area contributed by atoms with Gasteiger partial charge in [0.1, 0.15) is 17.4 Å². The van der Waals surface area contributed by atoms with E-state index in [0.29, 0.717) is 42.3 Å². The number of aromatic nitrogens is 4. The molecule has 0 spiro atoms. The van der Waals surface area contributed by atoms with Crippen LogP contribution < -0.4 is 10.2 Å². The zero-order valence-electron chi connectivity index (χ0n) is 14.3. The Morgan fingerprint density at radius 1 is 1.04 bits per heavy atom. The van der Waals surface area contributed by atoms with Gasteiger partial charge in [-0.1, -0.05) is 30.3 Å². The topological polar surface area (TPSA) is 101 Å². The van der Waals surface area contributed by atoms with Crippen LogP contribution in [0.15, 0.2) is 36.7 Å². The fourth-order valence-electron chi connectivity index (χ4n) is 2.96. The van der Waals surface area contributed by atoms with Gasteiger partial charge in [-0.05, 0) is 17.2 Å². The molecule has 3 aromatic rings. The number of fused-ring (bicyclic) bond motifs is 1. The lowest BCUT2D eigenvalue weighted by Gasteiger charge is -2.28. The van der Waals surface area contributed by atoms with Gasteiger partial charge < -0.3 is 10.2 Å². The molecule has 1 aliphatic heterocycles. The number of hydrogen-bond donors (Lipinski definition) is 1. The van der Waals surface area contributed by atoms with E-state index in [-0.39, 0.29) is 16.8 Å². The number of hydrogen-bond acceptors (Lipinski definition) is 8. The number of sulfone groups is 1. The van der Waals surface area contributed by atoms with Crippen LogP contribution in [0, 0.1) is 0 Å². The Bertz CT molecular complexity index is 1060. The van der Waals surface area contributed by atoms with Crippen LogP contribution >= 0.6 is 11.6 Å². The summed E-state index contributed by atoms with van der Waals surface area (Å²) in [6.45, 7) is 1.27. The highest BCUT2D eigenvalue weighted by Gasteiger charge is 2.25. The van der Waals surface area contributed by atoms with Crippen molar-refractivity contribution in [2.45, 2.75) is 6.54 Å². The molecule has 8 nitrogen and oxygen atoms in total. The molecule has 10 heteroatoms. The van der Waals surface area contributed by atoms with Gasteiger partial charge in [0.05, 0.1) is 11.5 Å². The van der Waals surface area contributed by atoms with Crippen LogP contribution in [0.1, 0.15) is 5.56 Å². The van der Waals surface area contributed by atoms with Gasteiger partial charge in [0.2, 0.25) is 5.28 Å². The molecule has 1 fully saturated rings. The van der Waals surface area contributed by atoms with E-state index in [1.54, 1.807) is 0 Å². The molecule has 0 radical (unpaired) electrons. The zero-order valence-corrected chi connectivity index (χ0v) is 15.9. The molecule has 0 unspecified atom stereocenters. The average Bonchev–Trinajstić information content (AvgIpc) is 2.67. The van der Waals surface area contributed by atoms with Crippen molar-refractivity contribution >= 4 is 44.1 Å². The summed E-state index contributed by atoms with van der Waals surface area (Å²) in [5.74, 6) is 1.25. The van der Waals surface area contributed by atoms with Crippen molar-refractivity contribution in [3.63, 3.8) is 0 Å². The van der Waals surface area contributed by atoms with E-state index in [0.717, 1.165) is 5.56 Å². The quantitative estimate of drug-likeness (QED) is 0.658. The first-order valence-corrected chi connectivity index (χ1v) is 10.6. The minimum absolute atomic E-state index is 0.0727. The fraction of sp³-hybridized carbons (Fsp3) is 0.294. The Balaban J connectivity index is 1.68. The van der Waals surface area contributed by atoms with Crippen LogP contribution in [0.3, 0.4) is 0 Å². The summed E-state index contributed by atoms with van der Waals surface area (Å²) in [5, 5.41) is 3.33. The fourth-order valence-corrected chi connectivity index (χ4v) is 4.33. The number of anilines is 2. The van der Waals surface area contributed by atoms with Crippen molar-refractivity contribution in [2.75, 3.05) is 34.8 Å². The lowest BCUT2D eigenvalue weighted by Crippen LogP contribution is -2.41. The molecule has 0 atom stereocenters. The molecule has 1 aliphatic rings. The molecule has 0 saturated carbocycles. The minimum atomic E-state index is -3.00. The van der Waals surface area contributed by atoms with Crippen LogP contribution in [0.5, 0.6) is 0 Å². The van der Waals surface area contributed by atoms with Gasteiger partial charge in [-0.3, -0.25) is 0 Å². The van der Waals surface area contributed by atoms with Gasteiger partial charge in [0.15, 0.2) is 21.5 Å². The highest BCUT2D eigenvalue weighted by Crippen LogP contribution is 2.28. The summed E-state index contributed by atoms with van der Waals surface area (Å²) in [7, 11) is -3.00. The van der Waals surface area contributed by atoms with Crippen LogP contribution in [-0.2, 0) is 16.4 Å². The summed E-state index contributed by atoms with van der Waals surface area (Å²) in [5.41, 5.74) is 2.16. The van der Waals surface area contributed by atoms with Gasteiger partial charge in [-0.25, -0.2) is 23.4 Å². The van der Waals surface area contributed by atoms with Crippen molar-refractivity contribution < 1.29 is 8.42 Å². The molecule has 0 aliphatic carbocycles. The smallest absolute Gasteiger partial charge is 0.225 e. The number of nitrogens with one attached hydrogen (secondary N) is 1. The summed E-state index contributed by atoms with van der Waals surface area (Å²) in [6, 6.07) is 9.92. The Kier molecular flexibility index (Phi) is 4.79. The molecule has 1 N–H and O–H groups in total. The SMILES string of the molecule is O=S1(=O)CCN(c2nc(Cl)nc3c(NCc4ccccc4)ncnc23)CC1. The van der Waals surface area contributed by atoms with Crippen molar-refractivity contribution in [2.24, 2.45) is 0 Å². The maximum atomic E-state index is 11.7. The second kappa shape index (κ2) is 7.24. The molecule has 1 saturated heterocycles. The molecule has 27 heavy (non-hydrogen) atoms.